The SMILES string of the molecule is O=COCl.[H-].[H-].[Mg+2]. The molecule has 0 saturated carbocycles. The van der Waals surface area contributed by atoms with Crippen molar-refractivity contribution in [1.29, 1.82) is 0 Å². The first-order valence-electron chi connectivity index (χ1n) is 0.626. The van der Waals surface area contributed by atoms with Crippen molar-refractivity contribution in [1.82, 2.24) is 0 Å². The monoisotopic (exact) mass is 106 g/mol. The molecular formula is CH3ClMgO2. The average molecular weight is 107 g/mol. The van der Waals surface area contributed by atoms with Crippen LogP contribution in [0.1, 0.15) is 2.85 Å². The molecular weight excluding hydrogens is 104 g/mol. The summed E-state index contributed by atoms with van der Waals surface area (Å²) in [4.78, 5) is 8.82. The van der Waals surface area contributed by atoms with E-state index >= 15 is 0 Å². The normalized spacial score (nSPS) is 4.20. The predicted octanol–water partition coefficient (Wildman–Crippen LogP) is 0.157. The topological polar surface area (TPSA) is 26.3 Å². The van der Waals surface area contributed by atoms with Gasteiger partial charge in [-0.2, -0.15) is 0 Å². The van der Waals surface area contributed by atoms with Crippen molar-refractivity contribution < 1.29 is 11.9 Å². The zero-order valence-electron chi connectivity index (χ0n) is 4.48. The number of rotatable bonds is 1. The quantitative estimate of drug-likeness (QED) is 0.352. The maximum absolute atomic E-state index is 8.82. The number of hydrogen-bond donors (Lipinski definition) is 0. The van der Waals surface area contributed by atoms with Gasteiger partial charge in [0.25, 0.3) is 0 Å². The maximum atomic E-state index is 8.82. The molecule has 0 aliphatic carbocycles. The van der Waals surface area contributed by atoms with E-state index in [0.29, 0.717) is 0 Å². The molecule has 0 amide bonds. The van der Waals surface area contributed by atoms with Gasteiger partial charge < -0.3 is 7.14 Å². The van der Waals surface area contributed by atoms with Gasteiger partial charge in [-0.1, -0.05) is 0 Å². The Kier molecular flexibility index (Phi) is 16.1. The fourth-order valence-electron chi connectivity index (χ4n) is 0. The van der Waals surface area contributed by atoms with Crippen LogP contribution >= 0.6 is 11.9 Å². The van der Waals surface area contributed by atoms with Gasteiger partial charge in [0.2, 0.25) is 0 Å². The fraction of sp³-hybridized carbons (Fsp3) is 0. The second kappa shape index (κ2) is 8.82. The number of hydrogen-bond acceptors (Lipinski definition) is 2. The Bertz CT molecular complexity index is 29.7. The Labute approximate surface area is 53.7 Å². The molecule has 28 valence electrons. The fourth-order valence-corrected chi connectivity index (χ4v) is 0. The summed E-state index contributed by atoms with van der Waals surface area (Å²) in [5, 5.41) is 0. The van der Waals surface area contributed by atoms with Crippen molar-refractivity contribution in [3.8, 4) is 0 Å². The van der Waals surface area contributed by atoms with Crippen LogP contribution in [0, 0.1) is 0 Å². The van der Waals surface area contributed by atoms with E-state index in [2.05, 4.69) is 16.2 Å². The Morgan fingerprint density at radius 3 is 2.20 bits per heavy atom. The molecule has 0 aromatic rings. The van der Waals surface area contributed by atoms with E-state index in [-0.39, 0.29) is 32.4 Å². The third-order valence-corrected chi connectivity index (χ3v) is 0.109. The summed E-state index contributed by atoms with van der Waals surface area (Å²) in [5.74, 6) is 0. The molecule has 0 spiro atoms. The Balaban J connectivity index is -0.0000000150. The zero-order valence-corrected chi connectivity index (χ0v) is 4.65. The molecule has 0 aromatic carbocycles. The van der Waals surface area contributed by atoms with E-state index in [1.165, 1.54) is 0 Å². The molecule has 0 aliphatic rings. The van der Waals surface area contributed by atoms with Gasteiger partial charge in [-0.25, -0.2) is 0 Å². The molecule has 0 aromatic heterocycles. The van der Waals surface area contributed by atoms with Gasteiger partial charge in [0.15, 0.2) is 0 Å². The van der Waals surface area contributed by atoms with Crippen molar-refractivity contribution in [2.24, 2.45) is 0 Å². The van der Waals surface area contributed by atoms with Crippen molar-refractivity contribution in [3.63, 3.8) is 0 Å². The molecule has 0 aliphatic heterocycles. The van der Waals surface area contributed by atoms with E-state index in [1.54, 1.807) is 0 Å². The van der Waals surface area contributed by atoms with E-state index < -0.39 is 0 Å². The minimum absolute atomic E-state index is 0. The third kappa shape index (κ3) is 12.4. The molecule has 0 rings (SSSR count). The summed E-state index contributed by atoms with van der Waals surface area (Å²) in [5.41, 5.74) is 0. The molecule has 0 bridgehead atoms. The summed E-state index contributed by atoms with van der Waals surface area (Å²) in [6, 6.07) is 0. The van der Waals surface area contributed by atoms with Crippen LogP contribution in [0.4, 0.5) is 0 Å². The van der Waals surface area contributed by atoms with E-state index in [1.807, 2.05) is 0 Å². The third-order valence-electron chi connectivity index (χ3n) is 0.0364. The van der Waals surface area contributed by atoms with Gasteiger partial charge in [-0.3, -0.25) is 4.79 Å². The maximum Gasteiger partial charge on any atom is 2.00 e. The van der Waals surface area contributed by atoms with Crippen molar-refractivity contribution >= 4 is 41.4 Å². The molecule has 0 radical (unpaired) electrons. The van der Waals surface area contributed by atoms with E-state index in [4.69, 9.17) is 4.79 Å². The first-order chi connectivity index (χ1) is 1.91. The van der Waals surface area contributed by atoms with Gasteiger partial charge in [-0.15, -0.1) is 0 Å². The van der Waals surface area contributed by atoms with Gasteiger partial charge in [0.05, 0.1) is 0 Å². The molecule has 4 heteroatoms. The molecule has 0 N–H and O–H groups in total. The van der Waals surface area contributed by atoms with Gasteiger partial charge in [-0.05, 0) is 0 Å². The second-order valence-corrected chi connectivity index (χ2v) is 0.363. The van der Waals surface area contributed by atoms with Gasteiger partial charge >= 0.3 is 29.5 Å². The number of carbonyl (C=O) groups is 1. The van der Waals surface area contributed by atoms with Crippen LogP contribution < -0.4 is 0 Å². The first-order valence-corrected chi connectivity index (χ1v) is 0.934. The van der Waals surface area contributed by atoms with E-state index in [9.17, 15) is 0 Å². The van der Waals surface area contributed by atoms with Crippen LogP contribution in [-0.2, 0) is 9.08 Å². The molecule has 0 saturated heterocycles. The van der Waals surface area contributed by atoms with Crippen molar-refractivity contribution in [3.05, 3.63) is 0 Å². The van der Waals surface area contributed by atoms with Crippen molar-refractivity contribution in [2.45, 2.75) is 0 Å². The number of halogens is 1. The number of carbonyl (C=O) groups excluding carboxylic acids is 1. The largest absolute Gasteiger partial charge is 2.00 e. The summed E-state index contributed by atoms with van der Waals surface area (Å²) in [7, 11) is 0. The summed E-state index contributed by atoms with van der Waals surface area (Å²) < 4.78 is 3.33. The standard InChI is InChI=1S/CHClO2.Mg.2H/c2-4-1-3;;;/h1H;;;/q;+2;2*-1. The predicted molar refractivity (Wildman–Crippen MR) is 21.0 cm³/mol. The van der Waals surface area contributed by atoms with Crippen LogP contribution in [0.3, 0.4) is 0 Å². The molecule has 5 heavy (non-hydrogen) atoms. The Morgan fingerprint density at radius 2 is 2.20 bits per heavy atom. The Morgan fingerprint density at radius 1 is 2.00 bits per heavy atom. The van der Waals surface area contributed by atoms with Crippen LogP contribution in [0.15, 0.2) is 0 Å². The minimum Gasteiger partial charge on any atom is -1.00 e. The van der Waals surface area contributed by atoms with Crippen LogP contribution in [-0.4, -0.2) is 29.5 Å². The first kappa shape index (κ1) is 9.11. The zero-order chi connectivity index (χ0) is 3.41. The average Bonchev–Trinajstić information content (AvgIpc) is 1.37. The molecule has 0 fully saturated rings. The van der Waals surface area contributed by atoms with Crippen LogP contribution in [0.25, 0.3) is 0 Å². The molecule has 0 heterocycles. The second-order valence-electron chi connectivity index (χ2n) is 0.185. The summed E-state index contributed by atoms with van der Waals surface area (Å²) in [6.07, 6.45) is 0. The molecule has 0 unspecified atom stereocenters. The van der Waals surface area contributed by atoms with Gasteiger partial charge in [0.1, 0.15) is 11.9 Å². The summed E-state index contributed by atoms with van der Waals surface area (Å²) in [6.45, 7) is 0.140. The van der Waals surface area contributed by atoms with Gasteiger partial charge in [0, 0.05) is 0 Å². The minimum atomic E-state index is 0. The van der Waals surface area contributed by atoms with Crippen LogP contribution in [0.2, 0.25) is 0 Å². The van der Waals surface area contributed by atoms with E-state index in [0.717, 1.165) is 0 Å². The molecule has 0 atom stereocenters. The van der Waals surface area contributed by atoms with Crippen LogP contribution in [0.5, 0.6) is 0 Å². The molecule has 2 nitrogen and oxygen atoms in total. The smallest absolute Gasteiger partial charge is 1.00 e. The summed E-state index contributed by atoms with van der Waals surface area (Å²) >= 11 is 4.32. The van der Waals surface area contributed by atoms with Crippen molar-refractivity contribution in [2.75, 3.05) is 0 Å². The Hall–Kier alpha value is 0.526.